The lowest BCUT2D eigenvalue weighted by atomic mass is 10.0. The largest absolute Gasteiger partial charge is 0.384 e. The van der Waals surface area contributed by atoms with Gasteiger partial charge in [-0.3, -0.25) is 9.69 Å². The van der Waals surface area contributed by atoms with Crippen LogP contribution in [0.15, 0.2) is 29.2 Å². The highest BCUT2D eigenvalue weighted by molar-refractivity contribution is 7.15. The first-order valence-electron chi connectivity index (χ1n) is 11.3. The number of hydrogen-bond donors (Lipinski definition) is 3. The van der Waals surface area contributed by atoms with Gasteiger partial charge >= 0.3 is 0 Å². The van der Waals surface area contributed by atoms with E-state index in [2.05, 4.69) is 43.3 Å². The van der Waals surface area contributed by atoms with Gasteiger partial charge in [-0.25, -0.2) is 4.98 Å². The molecule has 1 aromatic carbocycles. The first-order valence-corrected chi connectivity index (χ1v) is 12.1. The number of aliphatic hydroxyl groups is 1. The van der Waals surface area contributed by atoms with Crippen molar-refractivity contribution >= 4 is 33.1 Å². The van der Waals surface area contributed by atoms with E-state index in [4.69, 9.17) is 4.74 Å². The van der Waals surface area contributed by atoms with E-state index >= 15 is 0 Å². The van der Waals surface area contributed by atoms with Crippen molar-refractivity contribution in [1.29, 1.82) is 0 Å². The van der Waals surface area contributed by atoms with Crippen molar-refractivity contribution in [1.82, 2.24) is 14.9 Å². The molecule has 0 aliphatic carbocycles. The summed E-state index contributed by atoms with van der Waals surface area (Å²) in [5.74, 6) is 0. The lowest BCUT2D eigenvalue weighted by molar-refractivity contribution is -0.0956. The summed E-state index contributed by atoms with van der Waals surface area (Å²) in [5, 5.41) is 15.4. The van der Waals surface area contributed by atoms with Crippen LogP contribution in [-0.2, 0) is 17.7 Å². The minimum absolute atomic E-state index is 0.0303. The van der Waals surface area contributed by atoms with Crippen molar-refractivity contribution in [3.05, 3.63) is 50.8 Å². The zero-order chi connectivity index (χ0) is 22.1. The number of aromatic amines is 1. The average Bonchev–Trinajstić information content (AvgIpc) is 3.30. The van der Waals surface area contributed by atoms with E-state index in [0.29, 0.717) is 6.61 Å². The number of H-pyrrole nitrogens is 1. The van der Waals surface area contributed by atoms with Gasteiger partial charge < -0.3 is 25.0 Å². The molecule has 32 heavy (non-hydrogen) atoms. The Morgan fingerprint density at radius 1 is 1.28 bits per heavy atom. The predicted octanol–water partition coefficient (Wildman–Crippen LogP) is 2.69. The Bertz CT molecular complexity index is 1150. The number of thiazole rings is 1. The molecule has 5 rings (SSSR count). The second kappa shape index (κ2) is 9.19. The molecule has 9 heteroatoms. The van der Waals surface area contributed by atoms with Gasteiger partial charge in [0.1, 0.15) is 0 Å². The molecular weight excluding hydrogens is 426 g/mol. The third kappa shape index (κ3) is 4.25. The molecular formula is C23H29N5O3S. The van der Waals surface area contributed by atoms with Crippen LogP contribution in [0.2, 0.25) is 0 Å². The second-order valence-corrected chi connectivity index (χ2v) is 9.37. The van der Waals surface area contributed by atoms with E-state index in [9.17, 15) is 9.90 Å². The molecule has 3 aromatic rings. The molecule has 8 nitrogen and oxygen atoms in total. The first kappa shape index (κ1) is 21.4. The number of fused-ring (bicyclic) bond motifs is 3. The van der Waals surface area contributed by atoms with E-state index < -0.39 is 6.29 Å². The molecule has 2 aliphatic heterocycles. The lowest BCUT2D eigenvalue weighted by Gasteiger charge is -2.34. The summed E-state index contributed by atoms with van der Waals surface area (Å²) in [5.41, 5.74) is 4.03. The molecule has 0 bridgehead atoms. The fourth-order valence-corrected chi connectivity index (χ4v) is 5.44. The molecule has 0 saturated carbocycles. The molecule has 4 heterocycles. The number of nitrogens with zero attached hydrogens (tertiary/aromatic N) is 3. The van der Waals surface area contributed by atoms with Crippen molar-refractivity contribution in [2.24, 2.45) is 0 Å². The Morgan fingerprint density at radius 3 is 2.94 bits per heavy atom. The van der Waals surface area contributed by atoms with Gasteiger partial charge in [0.05, 0.1) is 16.1 Å². The van der Waals surface area contributed by atoms with Gasteiger partial charge in [-0.05, 0) is 31.4 Å². The van der Waals surface area contributed by atoms with E-state index in [0.717, 1.165) is 84.3 Å². The fraction of sp³-hybridized carbons (Fsp3) is 0.478. The third-order valence-electron chi connectivity index (χ3n) is 6.21. The van der Waals surface area contributed by atoms with Gasteiger partial charge in [-0.2, -0.15) is 0 Å². The summed E-state index contributed by atoms with van der Waals surface area (Å²) >= 11 is 1.49. The van der Waals surface area contributed by atoms with Crippen molar-refractivity contribution in [2.45, 2.75) is 32.6 Å². The Labute approximate surface area is 190 Å². The molecule has 1 atom stereocenters. The summed E-state index contributed by atoms with van der Waals surface area (Å²) in [7, 11) is 0. The van der Waals surface area contributed by atoms with Crippen LogP contribution in [0.3, 0.4) is 0 Å². The number of pyridine rings is 1. The lowest BCUT2D eigenvalue weighted by Crippen LogP contribution is -2.45. The number of ether oxygens (including phenoxy) is 1. The number of hydrogen-bond acceptors (Lipinski definition) is 8. The molecule has 0 spiro atoms. The van der Waals surface area contributed by atoms with Gasteiger partial charge in [0.25, 0.3) is 5.56 Å². The van der Waals surface area contributed by atoms with Crippen LogP contribution in [0.25, 0.3) is 10.9 Å². The summed E-state index contributed by atoms with van der Waals surface area (Å²) in [6.07, 6.45) is 2.65. The van der Waals surface area contributed by atoms with Crippen molar-refractivity contribution in [2.75, 3.05) is 49.5 Å². The number of piperazine rings is 1. The molecule has 3 N–H and O–H groups in total. The monoisotopic (exact) mass is 455 g/mol. The number of aliphatic hydroxyl groups excluding tert-OH is 1. The van der Waals surface area contributed by atoms with Crippen molar-refractivity contribution in [3.63, 3.8) is 0 Å². The zero-order valence-electron chi connectivity index (χ0n) is 18.3. The third-order valence-corrected chi connectivity index (χ3v) is 7.30. The van der Waals surface area contributed by atoms with Crippen molar-refractivity contribution < 1.29 is 9.84 Å². The van der Waals surface area contributed by atoms with Crippen molar-refractivity contribution in [3.8, 4) is 0 Å². The highest BCUT2D eigenvalue weighted by Gasteiger charge is 2.22. The van der Waals surface area contributed by atoms with Gasteiger partial charge in [-0.1, -0.05) is 23.5 Å². The molecule has 2 aliphatic rings. The van der Waals surface area contributed by atoms with E-state index in [-0.39, 0.29) is 5.56 Å². The molecule has 1 fully saturated rings. The quantitative estimate of drug-likeness (QED) is 0.492. The molecule has 2 aromatic heterocycles. The van der Waals surface area contributed by atoms with Gasteiger partial charge in [-0.15, -0.1) is 0 Å². The summed E-state index contributed by atoms with van der Waals surface area (Å²) in [6, 6.07) is 6.42. The van der Waals surface area contributed by atoms with Crippen LogP contribution in [0.1, 0.15) is 35.6 Å². The Morgan fingerprint density at radius 2 is 2.12 bits per heavy atom. The average molecular weight is 456 g/mol. The number of aromatic nitrogens is 2. The highest BCUT2D eigenvalue weighted by Crippen LogP contribution is 2.30. The Balaban J connectivity index is 1.24. The van der Waals surface area contributed by atoms with E-state index in [1.807, 2.05) is 6.92 Å². The SMILES string of the molecule is CCOC(O)c1cnc(N2CCN(Cc3ccc4c5c(c(=O)[nH]c4c3)CCCN5)CC2)s1. The number of benzene rings is 1. The van der Waals surface area contributed by atoms with Crippen LogP contribution in [-0.4, -0.2) is 59.3 Å². The highest BCUT2D eigenvalue weighted by atomic mass is 32.1. The first-order chi connectivity index (χ1) is 15.6. The topological polar surface area (TPSA) is 93.7 Å². The predicted molar refractivity (Wildman–Crippen MR) is 128 cm³/mol. The maximum absolute atomic E-state index is 12.5. The normalized spacial score (nSPS) is 17.9. The van der Waals surface area contributed by atoms with Gasteiger partial charge in [0.15, 0.2) is 11.4 Å². The smallest absolute Gasteiger partial charge is 0.253 e. The zero-order valence-corrected chi connectivity index (χ0v) is 19.1. The van der Waals surface area contributed by atoms with Gasteiger partial charge in [0.2, 0.25) is 0 Å². The molecule has 1 unspecified atom stereocenters. The molecule has 0 radical (unpaired) electrons. The maximum Gasteiger partial charge on any atom is 0.253 e. The maximum atomic E-state index is 12.5. The van der Waals surface area contributed by atoms with Crippen LogP contribution in [0, 0.1) is 0 Å². The van der Waals surface area contributed by atoms with Crippen LogP contribution in [0.5, 0.6) is 0 Å². The molecule has 1 saturated heterocycles. The fourth-order valence-electron chi connectivity index (χ4n) is 4.54. The van der Waals surface area contributed by atoms with Crippen LogP contribution < -0.4 is 15.8 Å². The minimum atomic E-state index is -0.896. The van der Waals surface area contributed by atoms with Crippen LogP contribution in [0.4, 0.5) is 10.8 Å². The van der Waals surface area contributed by atoms with Gasteiger partial charge in [0, 0.05) is 63.0 Å². The van der Waals surface area contributed by atoms with E-state index in [1.54, 1.807) is 6.20 Å². The number of rotatable bonds is 6. The molecule has 170 valence electrons. The minimum Gasteiger partial charge on any atom is -0.384 e. The Kier molecular flexibility index (Phi) is 6.14. The Hall–Kier alpha value is -2.46. The second-order valence-electron chi connectivity index (χ2n) is 8.33. The summed E-state index contributed by atoms with van der Waals surface area (Å²) < 4.78 is 5.25. The number of anilines is 2. The number of nitrogens with one attached hydrogen (secondary N) is 2. The van der Waals surface area contributed by atoms with Crippen LogP contribution >= 0.6 is 11.3 Å². The standard InChI is InChI=1S/C23H29N5O3S/c1-2-31-22(30)19-13-25-23(32-19)28-10-8-27(9-11-28)14-15-5-6-16-18(12-15)26-21(29)17-4-3-7-24-20(16)17/h5-6,12-13,22,24,30H,2-4,7-11,14H2,1H3,(H,26,29). The van der Waals surface area contributed by atoms with E-state index in [1.165, 1.54) is 16.9 Å². The molecule has 0 amide bonds. The summed E-state index contributed by atoms with van der Waals surface area (Å²) in [4.78, 5) is 25.5. The summed E-state index contributed by atoms with van der Waals surface area (Å²) in [6.45, 7) is 7.74.